The van der Waals surface area contributed by atoms with E-state index in [1.165, 1.54) is 6.08 Å². The average molecular weight is 158 g/mol. The molecule has 1 fully saturated rings. The van der Waals surface area contributed by atoms with Crippen LogP contribution in [0.1, 0.15) is 12.8 Å². The summed E-state index contributed by atoms with van der Waals surface area (Å²) < 4.78 is 4.75. The van der Waals surface area contributed by atoms with E-state index in [-0.39, 0.29) is 6.42 Å². The van der Waals surface area contributed by atoms with E-state index < -0.39 is 18.2 Å². The molecule has 4 heteroatoms. The van der Waals surface area contributed by atoms with Gasteiger partial charge in [0.1, 0.15) is 6.10 Å². The minimum Gasteiger partial charge on any atom is -0.516 e. The number of ether oxygens (including phenoxy) is 1. The van der Waals surface area contributed by atoms with Crippen molar-refractivity contribution in [2.75, 3.05) is 0 Å². The molecule has 0 radical (unpaired) electrons. The van der Waals surface area contributed by atoms with Gasteiger partial charge >= 0.3 is 5.97 Å². The van der Waals surface area contributed by atoms with E-state index in [1.54, 1.807) is 0 Å². The second-order valence-corrected chi connectivity index (χ2v) is 2.46. The van der Waals surface area contributed by atoms with Gasteiger partial charge in [-0.1, -0.05) is 0 Å². The molecular formula is C7H10O4. The lowest BCUT2D eigenvalue weighted by Gasteiger charge is -2.22. The third kappa shape index (κ3) is 2.23. The van der Waals surface area contributed by atoms with Crippen LogP contribution in [0, 0.1) is 0 Å². The van der Waals surface area contributed by atoms with Crippen molar-refractivity contribution in [2.45, 2.75) is 25.0 Å². The molecule has 11 heavy (non-hydrogen) atoms. The van der Waals surface area contributed by atoms with Crippen LogP contribution in [0.15, 0.2) is 12.3 Å². The van der Waals surface area contributed by atoms with Gasteiger partial charge in [-0.15, -0.1) is 0 Å². The topological polar surface area (TPSA) is 66.8 Å². The molecular weight excluding hydrogens is 148 g/mol. The minimum absolute atomic E-state index is 0.0514. The predicted octanol–water partition coefficient (Wildman–Crippen LogP) is 0.125. The molecule has 0 aliphatic carbocycles. The van der Waals surface area contributed by atoms with Crippen molar-refractivity contribution in [1.29, 1.82) is 0 Å². The number of rotatable bonds is 1. The molecule has 0 saturated carbocycles. The Morgan fingerprint density at radius 2 is 2.36 bits per heavy atom. The van der Waals surface area contributed by atoms with Crippen molar-refractivity contribution in [2.24, 2.45) is 0 Å². The van der Waals surface area contributed by atoms with Crippen LogP contribution < -0.4 is 0 Å². The largest absolute Gasteiger partial charge is 0.516 e. The number of hydrogen-bond acceptors (Lipinski definition) is 4. The molecule has 0 amide bonds. The van der Waals surface area contributed by atoms with Crippen molar-refractivity contribution in [3.8, 4) is 0 Å². The summed E-state index contributed by atoms with van der Waals surface area (Å²) in [6.45, 7) is 0. The van der Waals surface area contributed by atoms with E-state index in [9.17, 15) is 4.79 Å². The van der Waals surface area contributed by atoms with E-state index in [4.69, 9.17) is 14.9 Å². The Hall–Kier alpha value is -1.03. The Morgan fingerprint density at radius 1 is 1.64 bits per heavy atom. The smallest absolute Gasteiger partial charge is 0.309 e. The van der Waals surface area contributed by atoms with Crippen LogP contribution in [0.2, 0.25) is 0 Å². The van der Waals surface area contributed by atoms with Gasteiger partial charge in [0.05, 0.1) is 18.8 Å². The molecule has 0 aromatic heterocycles. The predicted molar refractivity (Wildman–Crippen MR) is 36.9 cm³/mol. The SMILES string of the molecule is O=C1C[C@H](O)C[C@@H](/C=C/O)O1. The van der Waals surface area contributed by atoms with E-state index in [0.29, 0.717) is 6.42 Å². The Balaban J connectivity index is 2.49. The molecule has 0 spiro atoms. The highest BCUT2D eigenvalue weighted by molar-refractivity contribution is 5.71. The first-order valence-electron chi connectivity index (χ1n) is 3.41. The van der Waals surface area contributed by atoms with E-state index in [1.807, 2.05) is 0 Å². The highest BCUT2D eigenvalue weighted by atomic mass is 16.5. The number of aliphatic hydroxyl groups excluding tert-OH is 2. The summed E-state index contributed by atoms with van der Waals surface area (Å²) >= 11 is 0. The molecule has 1 aliphatic rings. The van der Waals surface area contributed by atoms with Crippen LogP contribution in [0.3, 0.4) is 0 Å². The maximum atomic E-state index is 10.7. The van der Waals surface area contributed by atoms with Crippen LogP contribution in [0.25, 0.3) is 0 Å². The van der Waals surface area contributed by atoms with Crippen molar-refractivity contribution in [1.82, 2.24) is 0 Å². The van der Waals surface area contributed by atoms with Gasteiger partial charge in [-0.25, -0.2) is 0 Å². The fourth-order valence-corrected chi connectivity index (χ4v) is 1.02. The van der Waals surface area contributed by atoms with Crippen LogP contribution in [-0.2, 0) is 9.53 Å². The van der Waals surface area contributed by atoms with Crippen LogP contribution in [0.4, 0.5) is 0 Å². The maximum Gasteiger partial charge on any atom is 0.309 e. The monoisotopic (exact) mass is 158 g/mol. The van der Waals surface area contributed by atoms with Crippen molar-refractivity contribution >= 4 is 5.97 Å². The second kappa shape index (κ2) is 3.39. The summed E-state index contributed by atoms with van der Waals surface area (Å²) in [6, 6.07) is 0. The zero-order chi connectivity index (χ0) is 8.27. The second-order valence-electron chi connectivity index (χ2n) is 2.46. The van der Waals surface area contributed by atoms with Crippen LogP contribution >= 0.6 is 0 Å². The van der Waals surface area contributed by atoms with Gasteiger partial charge in [0, 0.05) is 6.42 Å². The summed E-state index contributed by atoms with van der Waals surface area (Å²) in [5.74, 6) is -0.424. The summed E-state index contributed by atoms with van der Waals surface area (Å²) in [6.07, 6.45) is 1.45. The lowest BCUT2D eigenvalue weighted by molar-refractivity contribution is -0.156. The molecule has 1 rings (SSSR count). The Morgan fingerprint density at radius 3 is 2.91 bits per heavy atom. The van der Waals surface area contributed by atoms with Crippen LogP contribution in [0.5, 0.6) is 0 Å². The normalized spacial score (nSPS) is 32.3. The molecule has 0 bridgehead atoms. The van der Waals surface area contributed by atoms with Gasteiger partial charge in [-0.05, 0) is 6.08 Å². The molecule has 4 nitrogen and oxygen atoms in total. The van der Waals surface area contributed by atoms with Gasteiger partial charge < -0.3 is 14.9 Å². The lowest BCUT2D eigenvalue weighted by Crippen LogP contribution is -2.31. The average Bonchev–Trinajstić information content (AvgIpc) is 1.85. The molecule has 62 valence electrons. The van der Waals surface area contributed by atoms with E-state index in [2.05, 4.69) is 0 Å². The van der Waals surface area contributed by atoms with Gasteiger partial charge in [0.25, 0.3) is 0 Å². The molecule has 1 heterocycles. The quantitative estimate of drug-likeness (QED) is 0.420. The first-order chi connectivity index (χ1) is 5.22. The zero-order valence-corrected chi connectivity index (χ0v) is 5.93. The minimum atomic E-state index is -0.641. The molecule has 0 aromatic rings. The summed E-state index contributed by atoms with van der Waals surface area (Å²) in [7, 11) is 0. The zero-order valence-electron chi connectivity index (χ0n) is 5.93. The van der Waals surface area contributed by atoms with Crippen LogP contribution in [-0.4, -0.2) is 28.4 Å². The van der Waals surface area contributed by atoms with Gasteiger partial charge in [-0.3, -0.25) is 4.79 Å². The fourth-order valence-electron chi connectivity index (χ4n) is 1.02. The van der Waals surface area contributed by atoms with Crippen molar-refractivity contribution < 1.29 is 19.7 Å². The Kier molecular flexibility index (Phi) is 2.48. The van der Waals surface area contributed by atoms with Gasteiger partial charge in [-0.2, -0.15) is 0 Å². The number of aliphatic hydroxyl groups is 2. The number of esters is 1. The highest BCUT2D eigenvalue weighted by Crippen LogP contribution is 2.15. The number of carbonyl (C=O) groups is 1. The molecule has 2 atom stereocenters. The Labute approximate surface area is 64.1 Å². The van der Waals surface area contributed by atoms with Crippen molar-refractivity contribution in [3.63, 3.8) is 0 Å². The Bertz CT molecular complexity index is 175. The van der Waals surface area contributed by atoms with Gasteiger partial charge in [0.15, 0.2) is 0 Å². The number of cyclic esters (lactones) is 1. The number of carbonyl (C=O) groups excluding carboxylic acids is 1. The maximum absolute atomic E-state index is 10.7. The standard InChI is InChI=1S/C7H10O4/c8-2-1-6-3-5(9)4-7(10)11-6/h1-2,5-6,8-9H,3-4H2/b2-1+/t5-,6-/m1/s1. The van der Waals surface area contributed by atoms with Gasteiger partial charge in [0.2, 0.25) is 0 Å². The highest BCUT2D eigenvalue weighted by Gasteiger charge is 2.25. The number of hydrogen-bond donors (Lipinski definition) is 2. The first-order valence-corrected chi connectivity index (χ1v) is 3.41. The van der Waals surface area contributed by atoms with Crippen molar-refractivity contribution in [3.05, 3.63) is 12.3 Å². The first kappa shape index (κ1) is 8.07. The molecule has 2 N–H and O–H groups in total. The molecule has 0 unspecified atom stereocenters. The fraction of sp³-hybridized carbons (Fsp3) is 0.571. The molecule has 1 aliphatic heterocycles. The summed E-state index contributed by atoms with van der Waals surface area (Å²) in [5, 5.41) is 17.4. The third-order valence-electron chi connectivity index (χ3n) is 1.49. The van der Waals surface area contributed by atoms with E-state index >= 15 is 0 Å². The van der Waals surface area contributed by atoms with E-state index in [0.717, 1.165) is 6.26 Å². The lowest BCUT2D eigenvalue weighted by atomic mass is 10.1. The molecule has 0 aromatic carbocycles. The summed E-state index contributed by atoms with van der Waals surface area (Å²) in [4.78, 5) is 10.7. The molecule has 1 saturated heterocycles. The summed E-state index contributed by atoms with van der Waals surface area (Å²) in [5.41, 5.74) is 0. The third-order valence-corrected chi connectivity index (χ3v) is 1.49.